The molecule has 4 heteroatoms. The fraction of sp³-hybridized carbons (Fsp3) is 0.625. The Hall–Kier alpha value is -1.10. The number of likely N-dealkylation sites (N-methyl/N-ethyl adjacent to an activating group) is 1. The van der Waals surface area contributed by atoms with Gasteiger partial charge in [0.05, 0.1) is 19.3 Å². The molecule has 4 nitrogen and oxygen atoms in total. The standard InChI is InChI=1S/C16H26N2O2/c1-3-19-11-9-17(2)13-16-14-18(10-12-20-16)15-7-5-4-6-8-15/h4-8,16H,3,9-14H2,1-2H3/t16-/m1/s1. The van der Waals surface area contributed by atoms with E-state index in [-0.39, 0.29) is 6.10 Å². The van der Waals surface area contributed by atoms with Crippen LogP contribution >= 0.6 is 0 Å². The first-order chi connectivity index (χ1) is 9.79. The van der Waals surface area contributed by atoms with Crippen molar-refractivity contribution >= 4 is 5.69 Å². The molecule has 0 bridgehead atoms. The summed E-state index contributed by atoms with van der Waals surface area (Å²) in [7, 11) is 2.13. The van der Waals surface area contributed by atoms with E-state index in [9.17, 15) is 0 Å². The molecule has 1 fully saturated rings. The Labute approximate surface area is 122 Å². The molecule has 0 spiro atoms. The number of hydrogen-bond acceptors (Lipinski definition) is 4. The molecule has 1 heterocycles. The third-order valence-electron chi connectivity index (χ3n) is 3.60. The Kier molecular flexibility index (Phi) is 6.30. The molecule has 0 amide bonds. The van der Waals surface area contributed by atoms with E-state index >= 15 is 0 Å². The fourth-order valence-corrected chi connectivity index (χ4v) is 2.51. The minimum atomic E-state index is 0.274. The largest absolute Gasteiger partial charge is 0.380 e. The van der Waals surface area contributed by atoms with Crippen LogP contribution < -0.4 is 4.90 Å². The fourth-order valence-electron chi connectivity index (χ4n) is 2.51. The average molecular weight is 278 g/mol. The van der Waals surface area contributed by atoms with Gasteiger partial charge in [0, 0.05) is 38.5 Å². The molecule has 0 unspecified atom stereocenters. The first-order valence-electron chi connectivity index (χ1n) is 7.47. The summed E-state index contributed by atoms with van der Waals surface area (Å²) in [6, 6.07) is 10.6. The van der Waals surface area contributed by atoms with Gasteiger partial charge in [0.15, 0.2) is 0 Å². The van der Waals surface area contributed by atoms with Crippen LogP contribution in [-0.2, 0) is 9.47 Å². The van der Waals surface area contributed by atoms with Crippen molar-refractivity contribution < 1.29 is 9.47 Å². The summed E-state index contributed by atoms with van der Waals surface area (Å²) >= 11 is 0. The van der Waals surface area contributed by atoms with Gasteiger partial charge in [0.2, 0.25) is 0 Å². The highest BCUT2D eigenvalue weighted by Gasteiger charge is 2.21. The number of rotatable bonds is 7. The summed E-state index contributed by atoms with van der Waals surface area (Å²) in [6.07, 6.45) is 0.274. The Balaban J connectivity index is 1.78. The molecule has 1 saturated heterocycles. The molecule has 0 N–H and O–H groups in total. The molecule has 20 heavy (non-hydrogen) atoms. The number of nitrogens with zero attached hydrogens (tertiary/aromatic N) is 2. The van der Waals surface area contributed by atoms with Crippen molar-refractivity contribution in [2.24, 2.45) is 0 Å². The molecule has 0 aromatic heterocycles. The van der Waals surface area contributed by atoms with Crippen molar-refractivity contribution in [3.05, 3.63) is 30.3 Å². The maximum atomic E-state index is 5.88. The van der Waals surface area contributed by atoms with Gasteiger partial charge in [-0.1, -0.05) is 18.2 Å². The van der Waals surface area contributed by atoms with E-state index in [4.69, 9.17) is 9.47 Å². The molecular weight excluding hydrogens is 252 g/mol. The topological polar surface area (TPSA) is 24.9 Å². The molecular formula is C16H26N2O2. The second-order valence-corrected chi connectivity index (χ2v) is 5.23. The summed E-state index contributed by atoms with van der Waals surface area (Å²) in [5.74, 6) is 0. The molecule has 1 aromatic rings. The van der Waals surface area contributed by atoms with E-state index in [1.54, 1.807) is 0 Å². The Morgan fingerprint density at radius 3 is 2.90 bits per heavy atom. The Morgan fingerprint density at radius 1 is 1.35 bits per heavy atom. The van der Waals surface area contributed by atoms with Gasteiger partial charge in [-0.2, -0.15) is 0 Å². The molecule has 1 atom stereocenters. The quantitative estimate of drug-likeness (QED) is 0.711. The van der Waals surface area contributed by atoms with Gasteiger partial charge in [-0.25, -0.2) is 0 Å². The lowest BCUT2D eigenvalue weighted by atomic mass is 10.2. The van der Waals surface area contributed by atoms with E-state index in [2.05, 4.69) is 47.2 Å². The van der Waals surface area contributed by atoms with Crippen molar-refractivity contribution in [2.45, 2.75) is 13.0 Å². The maximum absolute atomic E-state index is 5.88. The molecule has 1 aliphatic rings. The van der Waals surface area contributed by atoms with Crippen LogP contribution in [0.5, 0.6) is 0 Å². The molecule has 1 aromatic carbocycles. The highest BCUT2D eigenvalue weighted by atomic mass is 16.5. The van der Waals surface area contributed by atoms with E-state index in [0.717, 1.165) is 46.0 Å². The zero-order valence-corrected chi connectivity index (χ0v) is 12.6. The maximum Gasteiger partial charge on any atom is 0.0877 e. The second kappa shape index (κ2) is 8.25. The SMILES string of the molecule is CCOCCN(C)C[C@@H]1CN(c2ccccc2)CCO1. The summed E-state index contributed by atoms with van der Waals surface area (Å²) < 4.78 is 11.3. The lowest BCUT2D eigenvalue weighted by molar-refractivity contribution is 0.0151. The van der Waals surface area contributed by atoms with Crippen LogP contribution in [0.4, 0.5) is 5.69 Å². The van der Waals surface area contributed by atoms with Crippen molar-refractivity contribution in [3.63, 3.8) is 0 Å². The third-order valence-corrected chi connectivity index (χ3v) is 3.60. The van der Waals surface area contributed by atoms with E-state index < -0.39 is 0 Å². The Morgan fingerprint density at radius 2 is 2.15 bits per heavy atom. The summed E-state index contributed by atoms with van der Waals surface area (Å²) in [5, 5.41) is 0. The number of hydrogen-bond donors (Lipinski definition) is 0. The van der Waals surface area contributed by atoms with Gasteiger partial charge in [-0.05, 0) is 26.1 Å². The van der Waals surface area contributed by atoms with E-state index in [0.29, 0.717) is 0 Å². The lowest BCUT2D eigenvalue weighted by Crippen LogP contribution is -2.47. The van der Waals surface area contributed by atoms with Gasteiger partial charge < -0.3 is 19.3 Å². The van der Waals surface area contributed by atoms with Gasteiger partial charge in [-0.3, -0.25) is 0 Å². The molecule has 0 saturated carbocycles. The first kappa shape index (κ1) is 15.3. The minimum Gasteiger partial charge on any atom is -0.380 e. The molecule has 2 rings (SSSR count). The average Bonchev–Trinajstić information content (AvgIpc) is 2.49. The van der Waals surface area contributed by atoms with Crippen LogP contribution in [0.3, 0.4) is 0 Å². The van der Waals surface area contributed by atoms with Gasteiger partial charge >= 0.3 is 0 Å². The van der Waals surface area contributed by atoms with Crippen LogP contribution in [0, 0.1) is 0 Å². The lowest BCUT2D eigenvalue weighted by Gasteiger charge is -2.36. The van der Waals surface area contributed by atoms with E-state index in [1.165, 1.54) is 5.69 Å². The zero-order valence-electron chi connectivity index (χ0n) is 12.6. The summed E-state index contributed by atoms with van der Waals surface area (Å²) in [5.41, 5.74) is 1.29. The summed E-state index contributed by atoms with van der Waals surface area (Å²) in [6.45, 7) is 8.26. The first-order valence-corrected chi connectivity index (χ1v) is 7.47. The number of para-hydroxylation sites is 1. The van der Waals surface area contributed by atoms with Crippen molar-refractivity contribution in [1.29, 1.82) is 0 Å². The molecule has 0 radical (unpaired) electrons. The minimum absolute atomic E-state index is 0.274. The van der Waals surface area contributed by atoms with Gasteiger partial charge in [-0.15, -0.1) is 0 Å². The van der Waals surface area contributed by atoms with Crippen molar-refractivity contribution in [2.75, 3.05) is 57.9 Å². The normalized spacial score (nSPS) is 19.6. The molecule has 1 aliphatic heterocycles. The number of anilines is 1. The van der Waals surface area contributed by atoms with Gasteiger partial charge in [0.25, 0.3) is 0 Å². The Bertz CT molecular complexity index is 372. The predicted molar refractivity (Wildman–Crippen MR) is 82.4 cm³/mol. The smallest absolute Gasteiger partial charge is 0.0877 e. The monoisotopic (exact) mass is 278 g/mol. The molecule has 0 aliphatic carbocycles. The molecule has 112 valence electrons. The number of ether oxygens (including phenoxy) is 2. The van der Waals surface area contributed by atoms with Crippen LogP contribution in [0.1, 0.15) is 6.92 Å². The number of morpholine rings is 1. The van der Waals surface area contributed by atoms with Crippen LogP contribution in [0.2, 0.25) is 0 Å². The van der Waals surface area contributed by atoms with Crippen LogP contribution in [0.25, 0.3) is 0 Å². The van der Waals surface area contributed by atoms with Crippen molar-refractivity contribution in [3.8, 4) is 0 Å². The highest BCUT2D eigenvalue weighted by Crippen LogP contribution is 2.17. The van der Waals surface area contributed by atoms with Crippen molar-refractivity contribution in [1.82, 2.24) is 4.90 Å². The number of benzene rings is 1. The van der Waals surface area contributed by atoms with Gasteiger partial charge in [0.1, 0.15) is 0 Å². The summed E-state index contributed by atoms with van der Waals surface area (Å²) in [4.78, 5) is 4.69. The van der Waals surface area contributed by atoms with Crippen LogP contribution in [-0.4, -0.2) is 64.1 Å². The predicted octanol–water partition coefficient (Wildman–Crippen LogP) is 1.86. The highest BCUT2D eigenvalue weighted by molar-refractivity contribution is 5.46. The van der Waals surface area contributed by atoms with E-state index in [1.807, 2.05) is 6.92 Å². The second-order valence-electron chi connectivity index (χ2n) is 5.23. The van der Waals surface area contributed by atoms with Crippen LogP contribution in [0.15, 0.2) is 30.3 Å². The third kappa shape index (κ3) is 4.78. The zero-order chi connectivity index (χ0) is 14.2.